The fourth-order valence-corrected chi connectivity index (χ4v) is 3.09. The van der Waals surface area contributed by atoms with Crippen LogP contribution in [0.2, 0.25) is 0 Å². The van der Waals surface area contributed by atoms with Gasteiger partial charge in [-0.15, -0.1) is 0 Å². The third-order valence-corrected chi connectivity index (χ3v) is 4.61. The molecule has 2 aliphatic rings. The van der Waals surface area contributed by atoms with E-state index in [1.807, 2.05) is 7.05 Å². The fraction of sp³-hybridized carbons (Fsp3) is 1.00. The topological polar surface area (TPSA) is 131 Å². The smallest absolute Gasteiger partial charge is 0.135 e. The van der Waals surface area contributed by atoms with E-state index < -0.39 is 24.5 Å². The third-order valence-electron chi connectivity index (χ3n) is 4.61. The van der Waals surface area contributed by atoms with Gasteiger partial charge in [-0.25, -0.2) is 0 Å². The molecule has 1 aliphatic heterocycles. The first-order chi connectivity index (χ1) is 9.38. The Morgan fingerprint density at radius 1 is 1.25 bits per heavy atom. The van der Waals surface area contributed by atoms with Crippen molar-refractivity contribution in [2.75, 3.05) is 13.6 Å². The highest BCUT2D eigenvalue weighted by Crippen LogP contribution is 2.35. The molecule has 1 saturated heterocycles. The Labute approximate surface area is 120 Å². The predicted molar refractivity (Wildman–Crippen MR) is 75.4 cm³/mol. The molecule has 0 amide bonds. The summed E-state index contributed by atoms with van der Waals surface area (Å²) in [7, 11) is 2.02. The first kappa shape index (κ1) is 16.1. The van der Waals surface area contributed by atoms with Crippen molar-refractivity contribution in [3.63, 3.8) is 0 Å². The van der Waals surface area contributed by atoms with E-state index >= 15 is 0 Å². The second-order valence-electron chi connectivity index (χ2n) is 6.29. The average Bonchev–Trinajstić information content (AvgIpc) is 2.54. The molecular formula is C13H28N4O3. The Morgan fingerprint density at radius 3 is 2.40 bits per heavy atom. The molecule has 0 spiro atoms. The number of nitrogens with zero attached hydrogens (tertiary/aromatic N) is 1. The van der Waals surface area contributed by atoms with E-state index in [2.05, 4.69) is 4.90 Å². The van der Waals surface area contributed by atoms with Gasteiger partial charge in [0.1, 0.15) is 24.5 Å². The Kier molecular flexibility index (Phi) is 5.36. The number of nitrogens with two attached hydrogens (primary N) is 3. The van der Waals surface area contributed by atoms with Crippen LogP contribution in [-0.2, 0) is 4.74 Å². The largest absolute Gasteiger partial charge is 0.387 e. The van der Waals surface area contributed by atoms with Gasteiger partial charge < -0.3 is 37.1 Å². The first-order valence-electron chi connectivity index (χ1n) is 7.37. The maximum atomic E-state index is 9.84. The van der Waals surface area contributed by atoms with E-state index in [4.69, 9.17) is 21.9 Å². The van der Waals surface area contributed by atoms with E-state index in [-0.39, 0.29) is 6.17 Å². The van der Waals surface area contributed by atoms with Crippen molar-refractivity contribution in [3.05, 3.63) is 0 Å². The van der Waals surface area contributed by atoms with Gasteiger partial charge in [0, 0.05) is 12.6 Å². The zero-order valence-corrected chi connectivity index (χ0v) is 12.1. The first-order valence-corrected chi connectivity index (χ1v) is 7.37. The van der Waals surface area contributed by atoms with Crippen LogP contribution in [-0.4, -0.2) is 65.5 Å². The van der Waals surface area contributed by atoms with Crippen molar-refractivity contribution in [1.82, 2.24) is 4.90 Å². The molecule has 0 bridgehead atoms. The molecule has 1 aliphatic carbocycles. The number of aliphatic hydroxyl groups is 2. The predicted octanol–water partition coefficient (Wildman–Crippen LogP) is -1.87. The molecule has 2 fully saturated rings. The van der Waals surface area contributed by atoms with Crippen LogP contribution in [0.15, 0.2) is 0 Å². The summed E-state index contributed by atoms with van der Waals surface area (Å²) in [6.07, 6.45) is 0.885. The summed E-state index contributed by atoms with van der Waals surface area (Å²) in [5.41, 5.74) is 16.7. The average molecular weight is 288 g/mol. The summed E-state index contributed by atoms with van der Waals surface area (Å²) in [5.74, 6) is 0.694. The monoisotopic (exact) mass is 288 g/mol. The van der Waals surface area contributed by atoms with Crippen molar-refractivity contribution < 1.29 is 14.9 Å². The number of hydrogen-bond donors (Lipinski definition) is 5. The second kappa shape index (κ2) is 6.65. The second-order valence-corrected chi connectivity index (χ2v) is 6.29. The van der Waals surface area contributed by atoms with Crippen LogP contribution in [0.4, 0.5) is 0 Å². The fourth-order valence-electron chi connectivity index (χ4n) is 3.09. The Bertz CT molecular complexity index is 312. The van der Waals surface area contributed by atoms with Crippen LogP contribution in [0.1, 0.15) is 25.7 Å². The number of aliphatic hydroxyl groups excluding tert-OH is 2. The Morgan fingerprint density at radius 2 is 1.90 bits per heavy atom. The minimum absolute atomic E-state index is 0.211. The van der Waals surface area contributed by atoms with Gasteiger partial charge in [0.05, 0.1) is 6.17 Å². The van der Waals surface area contributed by atoms with Gasteiger partial charge in [0.2, 0.25) is 0 Å². The number of hydrogen-bond acceptors (Lipinski definition) is 7. The molecule has 0 radical (unpaired) electrons. The standard InChI is InChI=1S/C13H28N4O3/c1-17(6-9-11(18)12(19)13(16)20-9)8-4-7(5-8)2-3-10(14)15/h7-13,18-19H,2-6,14-16H2,1H3/t7?,8?,9-,11-,12-,13-/m1/s1. The highest BCUT2D eigenvalue weighted by molar-refractivity contribution is 4.92. The van der Waals surface area contributed by atoms with E-state index in [0.29, 0.717) is 18.5 Å². The lowest BCUT2D eigenvalue weighted by Crippen LogP contribution is -2.48. The van der Waals surface area contributed by atoms with E-state index in [9.17, 15) is 10.2 Å². The molecule has 0 aromatic rings. The maximum absolute atomic E-state index is 9.84. The van der Waals surface area contributed by atoms with E-state index in [1.165, 1.54) is 0 Å². The highest BCUT2D eigenvalue weighted by atomic mass is 16.6. The molecule has 8 N–H and O–H groups in total. The summed E-state index contributed by atoms with van der Waals surface area (Å²) >= 11 is 0. The summed E-state index contributed by atoms with van der Waals surface area (Å²) in [5, 5.41) is 19.4. The highest BCUT2D eigenvalue weighted by Gasteiger charge is 2.42. The molecule has 1 saturated carbocycles. The number of rotatable bonds is 6. The third kappa shape index (κ3) is 3.67. The van der Waals surface area contributed by atoms with Crippen LogP contribution in [0.3, 0.4) is 0 Å². The SMILES string of the molecule is CN(C[C@H]1O[C@@H](N)[C@H](O)[C@@H]1O)C1CC(CCC(N)N)C1. The van der Waals surface area contributed by atoms with Gasteiger partial charge in [-0.3, -0.25) is 0 Å². The molecule has 7 heteroatoms. The summed E-state index contributed by atoms with van der Waals surface area (Å²) < 4.78 is 5.38. The minimum Gasteiger partial charge on any atom is -0.387 e. The van der Waals surface area contributed by atoms with Crippen LogP contribution < -0.4 is 17.2 Å². The Hall–Kier alpha value is -0.280. The van der Waals surface area contributed by atoms with E-state index in [1.54, 1.807) is 0 Å². The zero-order chi connectivity index (χ0) is 14.9. The van der Waals surface area contributed by atoms with Crippen LogP contribution in [0, 0.1) is 5.92 Å². The van der Waals surface area contributed by atoms with Crippen molar-refractivity contribution in [2.45, 2.75) is 62.4 Å². The summed E-state index contributed by atoms with van der Waals surface area (Å²) in [6.45, 7) is 0.583. The Balaban J connectivity index is 1.68. The van der Waals surface area contributed by atoms with Gasteiger partial charge in [0.25, 0.3) is 0 Å². The van der Waals surface area contributed by atoms with Crippen molar-refractivity contribution >= 4 is 0 Å². The van der Waals surface area contributed by atoms with Gasteiger partial charge in [0.15, 0.2) is 0 Å². The maximum Gasteiger partial charge on any atom is 0.135 e. The zero-order valence-electron chi connectivity index (χ0n) is 12.1. The quantitative estimate of drug-likeness (QED) is 0.362. The normalized spacial score (nSPS) is 41.4. The lowest BCUT2D eigenvalue weighted by atomic mass is 9.76. The molecule has 0 aromatic carbocycles. The molecular weight excluding hydrogens is 260 g/mol. The van der Waals surface area contributed by atoms with Gasteiger partial charge in [-0.1, -0.05) is 0 Å². The van der Waals surface area contributed by atoms with Crippen LogP contribution >= 0.6 is 0 Å². The lowest BCUT2D eigenvalue weighted by Gasteiger charge is -2.42. The molecule has 4 atom stereocenters. The molecule has 0 aromatic heterocycles. The molecule has 7 nitrogen and oxygen atoms in total. The van der Waals surface area contributed by atoms with Crippen molar-refractivity contribution in [3.8, 4) is 0 Å². The molecule has 118 valence electrons. The minimum atomic E-state index is -0.992. The molecule has 20 heavy (non-hydrogen) atoms. The summed E-state index contributed by atoms with van der Waals surface area (Å²) in [4.78, 5) is 2.18. The van der Waals surface area contributed by atoms with Crippen molar-refractivity contribution in [2.24, 2.45) is 23.1 Å². The van der Waals surface area contributed by atoms with E-state index in [0.717, 1.165) is 25.7 Å². The van der Waals surface area contributed by atoms with Gasteiger partial charge in [-0.2, -0.15) is 0 Å². The molecule has 2 rings (SSSR count). The molecule has 0 unspecified atom stereocenters. The van der Waals surface area contributed by atoms with Gasteiger partial charge >= 0.3 is 0 Å². The summed E-state index contributed by atoms with van der Waals surface area (Å²) in [6, 6.07) is 0.499. The molecule has 1 heterocycles. The van der Waals surface area contributed by atoms with Gasteiger partial charge in [-0.05, 0) is 38.6 Å². The lowest BCUT2D eigenvalue weighted by molar-refractivity contribution is -0.0244. The number of likely N-dealkylation sites (N-methyl/N-ethyl adjacent to an activating group) is 1. The van der Waals surface area contributed by atoms with Crippen molar-refractivity contribution in [1.29, 1.82) is 0 Å². The van der Waals surface area contributed by atoms with Crippen LogP contribution in [0.5, 0.6) is 0 Å². The number of ether oxygens (including phenoxy) is 1. The van der Waals surface area contributed by atoms with Crippen LogP contribution in [0.25, 0.3) is 0 Å².